The van der Waals surface area contributed by atoms with Gasteiger partial charge in [0.05, 0.1) is 12.9 Å². The van der Waals surface area contributed by atoms with Crippen LogP contribution in [0.3, 0.4) is 0 Å². The second-order valence-electron chi connectivity index (χ2n) is 2.09. The maximum absolute atomic E-state index is 10.9. The molecule has 0 aromatic carbocycles. The highest BCUT2D eigenvalue weighted by Gasteiger charge is 2.16. The van der Waals surface area contributed by atoms with Gasteiger partial charge in [0.2, 0.25) is 0 Å². The molecular weight excluding hydrogens is 206 g/mol. The van der Waals surface area contributed by atoms with Gasteiger partial charge >= 0.3 is 0 Å². The Morgan fingerprint density at radius 3 is 2.55 bits per heavy atom. The van der Waals surface area contributed by atoms with Crippen LogP contribution in [0.15, 0.2) is 11.6 Å². The van der Waals surface area contributed by atoms with Gasteiger partial charge in [0, 0.05) is 5.31 Å². The predicted octanol–water partition coefficient (Wildman–Crippen LogP) is 3.95. The Balaban J connectivity index is 3.92. The molecule has 0 aliphatic rings. The van der Waals surface area contributed by atoms with Gasteiger partial charge in [-0.15, -0.1) is 0 Å². The molecule has 0 unspecified atom stereocenters. The first-order chi connectivity index (χ1) is 4.98. The minimum atomic E-state index is -3.12. The molecule has 0 saturated carbocycles. The number of ether oxygens (including phenoxy) is 1. The number of hydrogen-bond acceptors (Lipinski definition) is 2. The van der Waals surface area contributed by atoms with Crippen molar-refractivity contribution in [1.29, 1.82) is 0 Å². The molecule has 0 radical (unpaired) electrons. The SMILES string of the molecule is CCCOC=C(C)P(=O)(Cl)Cl. The van der Waals surface area contributed by atoms with Crippen molar-refractivity contribution in [3.63, 3.8) is 0 Å². The van der Waals surface area contributed by atoms with Gasteiger partial charge in [-0.1, -0.05) is 6.92 Å². The molecule has 0 rings (SSSR count). The van der Waals surface area contributed by atoms with E-state index in [0.29, 0.717) is 11.9 Å². The second-order valence-corrected chi connectivity index (χ2v) is 7.10. The first-order valence-electron chi connectivity index (χ1n) is 3.26. The minimum Gasteiger partial charge on any atom is -0.501 e. The maximum atomic E-state index is 10.9. The van der Waals surface area contributed by atoms with E-state index in [0.717, 1.165) is 6.42 Å². The topological polar surface area (TPSA) is 26.3 Å². The molecule has 0 aliphatic heterocycles. The summed E-state index contributed by atoms with van der Waals surface area (Å²) in [6.45, 7) is 4.14. The van der Waals surface area contributed by atoms with Crippen LogP contribution in [0.2, 0.25) is 0 Å². The Morgan fingerprint density at radius 2 is 2.18 bits per heavy atom. The van der Waals surface area contributed by atoms with Gasteiger partial charge in [-0.2, -0.15) is 0 Å². The van der Waals surface area contributed by atoms with E-state index in [1.165, 1.54) is 6.26 Å². The van der Waals surface area contributed by atoms with Crippen molar-refractivity contribution in [3.05, 3.63) is 11.6 Å². The summed E-state index contributed by atoms with van der Waals surface area (Å²) in [6.07, 6.45) is 2.25. The van der Waals surface area contributed by atoms with Crippen LogP contribution >= 0.6 is 28.3 Å². The average Bonchev–Trinajstić information content (AvgIpc) is 1.86. The van der Waals surface area contributed by atoms with E-state index < -0.39 is 5.85 Å². The fourth-order valence-corrected chi connectivity index (χ4v) is 0.795. The van der Waals surface area contributed by atoms with Crippen LogP contribution < -0.4 is 0 Å². The molecule has 5 heteroatoms. The minimum absolute atomic E-state index is 0.384. The Bertz CT molecular complexity index is 185. The van der Waals surface area contributed by atoms with Gasteiger partial charge in [-0.25, -0.2) is 0 Å². The van der Waals surface area contributed by atoms with Crippen LogP contribution in [0.4, 0.5) is 0 Å². The van der Waals surface area contributed by atoms with E-state index in [1.54, 1.807) is 6.92 Å². The molecule has 0 spiro atoms. The summed E-state index contributed by atoms with van der Waals surface area (Å²) < 4.78 is 15.9. The van der Waals surface area contributed by atoms with E-state index >= 15 is 0 Å². The highest BCUT2D eigenvalue weighted by Crippen LogP contribution is 2.63. The predicted molar refractivity (Wildman–Crippen MR) is 49.3 cm³/mol. The largest absolute Gasteiger partial charge is 0.501 e. The van der Waals surface area contributed by atoms with Crippen LogP contribution in [0, 0.1) is 0 Å². The zero-order chi connectivity index (χ0) is 8.91. The monoisotopic (exact) mass is 216 g/mol. The van der Waals surface area contributed by atoms with Gasteiger partial charge < -0.3 is 4.74 Å². The molecule has 0 amide bonds. The summed E-state index contributed by atoms with van der Waals surface area (Å²) in [7, 11) is 0. The van der Waals surface area contributed by atoms with Gasteiger partial charge in [-0.05, 0) is 35.8 Å². The van der Waals surface area contributed by atoms with Crippen LogP contribution in [0.1, 0.15) is 20.3 Å². The highest BCUT2D eigenvalue weighted by atomic mass is 35.9. The number of hydrogen-bond donors (Lipinski definition) is 0. The van der Waals surface area contributed by atoms with Crippen LogP contribution in [-0.2, 0) is 9.30 Å². The molecule has 66 valence electrons. The third kappa shape index (κ3) is 5.60. The van der Waals surface area contributed by atoms with Crippen molar-refractivity contribution in [2.45, 2.75) is 20.3 Å². The smallest absolute Gasteiger partial charge is 0.280 e. The summed E-state index contributed by atoms with van der Waals surface area (Å²) in [5.41, 5.74) is 0. The van der Waals surface area contributed by atoms with Gasteiger partial charge in [0.25, 0.3) is 5.85 Å². The Kier molecular flexibility index (Phi) is 5.24. The molecule has 0 aromatic rings. The maximum Gasteiger partial charge on any atom is 0.280 e. The van der Waals surface area contributed by atoms with E-state index in [4.69, 9.17) is 27.2 Å². The van der Waals surface area contributed by atoms with Crippen molar-refractivity contribution in [3.8, 4) is 0 Å². The van der Waals surface area contributed by atoms with Crippen molar-refractivity contribution in [1.82, 2.24) is 0 Å². The van der Waals surface area contributed by atoms with Crippen molar-refractivity contribution < 1.29 is 9.30 Å². The van der Waals surface area contributed by atoms with Crippen LogP contribution in [-0.4, -0.2) is 6.61 Å². The molecule has 11 heavy (non-hydrogen) atoms. The lowest BCUT2D eigenvalue weighted by atomic mass is 10.5. The summed E-state index contributed by atoms with van der Waals surface area (Å²) in [5.74, 6) is -3.12. The number of allylic oxidation sites excluding steroid dienone is 1. The Morgan fingerprint density at radius 1 is 1.64 bits per heavy atom. The molecule has 0 aromatic heterocycles. The lowest BCUT2D eigenvalue weighted by Gasteiger charge is -2.02. The lowest BCUT2D eigenvalue weighted by Crippen LogP contribution is -1.83. The molecule has 2 nitrogen and oxygen atoms in total. The third-order valence-electron chi connectivity index (χ3n) is 0.986. The second kappa shape index (κ2) is 5.08. The summed E-state index contributed by atoms with van der Waals surface area (Å²) in [6, 6.07) is 0. The molecule has 0 bridgehead atoms. The Hall–Kier alpha value is 0.350. The fraction of sp³-hybridized carbons (Fsp3) is 0.667. The van der Waals surface area contributed by atoms with Crippen LogP contribution in [0.5, 0.6) is 0 Å². The normalized spacial score (nSPS) is 13.3. The summed E-state index contributed by atoms with van der Waals surface area (Å²) in [4.78, 5) is 0. The fourth-order valence-electron chi connectivity index (χ4n) is 0.359. The Labute approximate surface area is 76.5 Å². The van der Waals surface area contributed by atoms with Crippen LogP contribution in [0.25, 0.3) is 0 Å². The lowest BCUT2D eigenvalue weighted by molar-refractivity contribution is 0.248. The van der Waals surface area contributed by atoms with E-state index in [9.17, 15) is 4.57 Å². The first-order valence-corrected chi connectivity index (χ1v) is 6.78. The van der Waals surface area contributed by atoms with E-state index in [2.05, 4.69) is 0 Å². The standard InChI is InChI=1S/C6H11Cl2O2P/c1-3-4-10-5-6(2)11(7,8)9/h5H,3-4H2,1-2H3. The summed E-state index contributed by atoms with van der Waals surface area (Å²) in [5, 5.41) is 0.384. The third-order valence-corrected chi connectivity index (χ3v) is 3.51. The molecule has 0 heterocycles. The van der Waals surface area contributed by atoms with E-state index in [-0.39, 0.29) is 0 Å². The molecule has 0 saturated heterocycles. The first kappa shape index (κ1) is 11.4. The number of rotatable bonds is 4. The molecule has 0 N–H and O–H groups in total. The highest BCUT2D eigenvalue weighted by molar-refractivity contribution is 8.11. The van der Waals surface area contributed by atoms with Crippen molar-refractivity contribution in [2.24, 2.45) is 0 Å². The van der Waals surface area contributed by atoms with Crippen molar-refractivity contribution >= 4 is 28.3 Å². The number of halogens is 2. The average molecular weight is 217 g/mol. The zero-order valence-corrected chi connectivity index (χ0v) is 8.92. The quantitative estimate of drug-likeness (QED) is 0.405. The zero-order valence-electron chi connectivity index (χ0n) is 6.51. The van der Waals surface area contributed by atoms with Gasteiger partial charge in [0.1, 0.15) is 0 Å². The van der Waals surface area contributed by atoms with E-state index in [1.807, 2.05) is 6.92 Å². The van der Waals surface area contributed by atoms with Crippen molar-refractivity contribution in [2.75, 3.05) is 6.61 Å². The molecule has 0 aliphatic carbocycles. The molecule has 0 atom stereocenters. The summed E-state index contributed by atoms with van der Waals surface area (Å²) >= 11 is 10.7. The van der Waals surface area contributed by atoms with Gasteiger partial charge in [-0.3, -0.25) is 4.57 Å². The molecular formula is C6H11Cl2O2P. The molecule has 0 fully saturated rings. The van der Waals surface area contributed by atoms with Gasteiger partial charge in [0.15, 0.2) is 0 Å².